The Bertz CT molecular complexity index is 914. The number of amides is 1. The molecule has 1 aromatic heterocycles. The van der Waals surface area contributed by atoms with Gasteiger partial charge in [-0.2, -0.15) is 5.26 Å². The highest BCUT2D eigenvalue weighted by molar-refractivity contribution is 7.99. The fourth-order valence-electron chi connectivity index (χ4n) is 2.64. The number of rotatable bonds is 8. The Hall–Kier alpha value is -3.04. The monoisotopic (exact) mass is 376 g/mol. The lowest BCUT2D eigenvalue weighted by molar-refractivity contribution is -0.118. The third-order valence-electron chi connectivity index (χ3n) is 4.09. The van der Waals surface area contributed by atoms with E-state index in [-0.39, 0.29) is 5.91 Å². The van der Waals surface area contributed by atoms with Crippen LogP contribution in [0.2, 0.25) is 0 Å². The van der Waals surface area contributed by atoms with Crippen molar-refractivity contribution in [1.29, 1.82) is 5.26 Å². The number of nitrogens with one attached hydrogen (secondary N) is 1. The maximum atomic E-state index is 12.1. The maximum Gasteiger partial charge on any atom is 0.230 e. The smallest absolute Gasteiger partial charge is 0.230 e. The van der Waals surface area contributed by atoms with Gasteiger partial charge in [0.1, 0.15) is 0 Å². The third kappa shape index (κ3) is 5.73. The fourth-order valence-corrected chi connectivity index (χ4v) is 3.46. The van der Waals surface area contributed by atoms with E-state index in [9.17, 15) is 4.79 Å². The summed E-state index contributed by atoms with van der Waals surface area (Å²) < 4.78 is 2.01. The minimum Gasteiger partial charge on any atom is -0.351 e. The van der Waals surface area contributed by atoms with E-state index in [1.165, 1.54) is 5.56 Å². The van der Waals surface area contributed by atoms with Crippen molar-refractivity contribution in [1.82, 2.24) is 14.9 Å². The van der Waals surface area contributed by atoms with Crippen molar-refractivity contribution in [2.75, 3.05) is 5.75 Å². The van der Waals surface area contributed by atoms with Crippen LogP contribution in [0.25, 0.3) is 0 Å². The Kier molecular flexibility index (Phi) is 6.66. The lowest BCUT2D eigenvalue weighted by Crippen LogP contribution is -2.25. The zero-order valence-electron chi connectivity index (χ0n) is 14.8. The molecule has 3 aromatic rings. The molecule has 0 fully saturated rings. The first kappa shape index (κ1) is 18.7. The van der Waals surface area contributed by atoms with Crippen LogP contribution in [-0.2, 0) is 23.6 Å². The number of nitrogens with zero attached hydrogens (tertiary/aromatic N) is 3. The van der Waals surface area contributed by atoms with Gasteiger partial charge in [0.15, 0.2) is 0 Å². The first-order chi connectivity index (χ1) is 13.2. The molecule has 0 unspecified atom stereocenters. The summed E-state index contributed by atoms with van der Waals surface area (Å²) in [7, 11) is 0. The molecule has 6 heteroatoms. The third-order valence-corrected chi connectivity index (χ3v) is 5.10. The van der Waals surface area contributed by atoms with Gasteiger partial charge in [0, 0.05) is 31.2 Å². The van der Waals surface area contributed by atoms with E-state index in [1.807, 2.05) is 41.1 Å². The first-order valence-electron chi connectivity index (χ1n) is 8.60. The summed E-state index contributed by atoms with van der Waals surface area (Å²) in [4.78, 5) is 16.2. The van der Waals surface area contributed by atoms with Crippen molar-refractivity contribution < 1.29 is 4.79 Å². The summed E-state index contributed by atoms with van der Waals surface area (Å²) in [5.74, 6) is 1.17. The predicted molar refractivity (Wildman–Crippen MR) is 107 cm³/mol. The molecule has 136 valence electrons. The van der Waals surface area contributed by atoms with E-state index in [0.717, 1.165) is 23.4 Å². The second kappa shape index (κ2) is 9.60. The van der Waals surface area contributed by atoms with Gasteiger partial charge in [-0.15, -0.1) is 11.8 Å². The van der Waals surface area contributed by atoms with Crippen LogP contribution >= 0.6 is 11.8 Å². The van der Waals surface area contributed by atoms with Crippen molar-refractivity contribution in [2.45, 2.75) is 18.8 Å². The van der Waals surface area contributed by atoms with Gasteiger partial charge in [0.25, 0.3) is 0 Å². The number of benzene rings is 2. The van der Waals surface area contributed by atoms with Crippen molar-refractivity contribution in [3.05, 3.63) is 89.5 Å². The molecule has 0 saturated carbocycles. The number of carbonyl (C=O) groups is 1. The maximum absolute atomic E-state index is 12.1. The van der Waals surface area contributed by atoms with Crippen molar-refractivity contribution in [3.8, 4) is 6.07 Å². The molecule has 0 atom stereocenters. The van der Waals surface area contributed by atoms with Gasteiger partial charge in [-0.1, -0.05) is 36.4 Å². The minimum atomic E-state index is 0.0195. The average molecular weight is 376 g/mol. The number of imidazole rings is 1. The molecule has 0 spiro atoms. The summed E-state index contributed by atoms with van der Waals surface area (Å²) >= 11 is 1.56. The van der Waals surface area contributed by atoms with E-state index in [4.69, 9.17) is 5.26 Å². The molecule has 0 saturated heterocycles. The van der Waals surface area contributed by atoms with E-state index in [0.29, 0.717) is 17.9 Å². The van der Waals surface area contributed by atoms with Crippen LogP contribution in [0.1, 0.15) is 22.3 Å². The first-order valence-corrected chi connectivity index (χ1v) is 9.76. The summed E-state index contributed by atoms with van der Waals surface area (Å²) in [6.45, 7) is 1.25. The van der Waals surface area contributed by atoms with Gasteiger partial charge < -0.3 is 9.88 Å². The SMILES string of the molecule is N#Cc1ccc(CSCC(=O)NCc2ccccc2Cn2ccnc2)cc1. The van der Waals surface area contributed by atoms with E-state index >= 15 is 0 Å². The molecular weight excluding hydrogens is 356 g/mol. The highest BCUT2D eigenvalue weighted by atomic mass is 32.2. The topological polar surface area (TPSA) is 70.7 Å². The molecule has 0 radical (unpaired) electrons. The second-order valence-electron chi connectivity index (χ2n) is 6.08. The number of nitriles is 1. The molecule has 1 heterocycles. The quantitative estimate of drug-likeness (QED) is 0.654. The van der Waals surface area contributed by atoms with E-state index < -0.39 is 0 Å². The summed E-state index contributed by atoms with van der Waals surface area (Å²) in [6.07, 6.45) is 5.47. The second-order valence-corrected chi connectivity index (χ2v) is 7.07. The highest BCUT2D eigenvalue weighted by Crippen LogP contribution is 2.14. The van der Waals surface area contributed by atoms with Crippen LogP contribution in [0.15, 0.2) is 67.3 Å². The zero-order valence-corrected chi connectivity index (χ0v) is 15.7. The van der Waals surface area contributed by atoms with Crippen LogP contribution in [0, 0.1) is 11.3 Å². The van der Waals surface area contributed by atoms with Crippen LogP contribution in [0.5, 0.6) is 0 Å². The van der Waals surface area contributed by atoms with Crippen molar-refractivity contribution in [2.24, 2.45) is 0 Å². The predicted octanol–water partition coefficient (Wildman–Crippen LogP) is 3.35. The Balaban J connectivity index is 1.45. The summed E-state index contributed by atoms with van der Waals surface area (Å²) in [5, 5.41) is 11.8. The van der Waals surface area contributed by atoms with E-state index in [2.05, 4.69) is 22.4 Å². The standard InChI is InChI=1S/C21H20N4OS/c22-11-17-5-7-18(8-6-17)14-27-15-21(26)24-12-19-3-1-2-4-20(19)13-25-10-9-23-16-25/h1-10,16H,12-15H2,(H,24,26). The summed E-state index contributed by atoms with van der Waals surface area (Å²) in [6, 6.07) is 17.7. The summed E-state index contributed by atoms with van der Waals surface area (Å²) in [5.41, 5.74) is 4.03. The largest absolute Gasteiger partial charge is 0.351 e. The Morgan fingerprint density at radius 3 is 2.63 bits per heavy atom. The van der Waals surface area contributed by atoms with Crippen LogP contribution < -0.4 is 5.32 Å². The van der Waals surface area contributed by atoms with Gasteiger partial charge in [-0.05, 0) is 28.8 Å². The van der Waals surface area contributed by atoms with Crippen molar-refractivity contribution in [3.63, 3.8) is 0 Å². The van der Waals surface area contributed by atoms with Gasteiger partial charge in [-0.25, -0.2) is 4.98 Å². The molecule has 0 bridgehead atoms. The van der Waals surface area contributed by atoms with Gasteiger partial charge in [0.2, 0.25) is 5.91 Å². The lowest BCUT2D eigenvalue weighted by Gasteiger charge is -2.11. The average Bonchev–Trinajstić information content (AvgIpc) is 3.21. The van der Waals surface area contributed by atoms with Gasteiger partial charge in [0.05, 0.1) is 23.7 Å². The number of hydrogen-bond donors (Lipinski definition) is 1. The minimum absolute atomic E-state index is 0.0195. The fraction of sp³-hybridized carbons (Fsp3) is 0.190. The molecule has 3 rings (SSSR count). The Labute approximate surface area is 163 Å². The van der Waals surface area contributed by atoms with Gasteiger partial charge >= 0.3 is 0 Å². The van der Waals surface area contributed by atoms with E-state index in [1.54, 1.807) is 36.4 Å². The molecule has 0 aliphatic carbocycles. The Morgan fingerprint density at radius 2 is 1.93 bits per heavy atom. The molecule has 0 aliphatic rings. The molecule has 0 aliphatic heterocycles. The Morgan fingerprint density at radius 1 is 1.15 bits per heavy atom. The number of hydrogen-bond acceptors (Lipinski definition) is 4. The molecule has 27 heavy (non-hydrogen) atoms. The molecule has 1 amide bonds. The van der Waals surface area contributed by atoms with Crippen LogP contribution in [0.4, 0.5) is 0 Å². The molecule has 5 nitrogen and oxygen atoms in total. The number of thioether (sulfide) groups is 1. The van der Waals surface area contributed by atoms with Crippen molar-refractivity contribution >= 4 is 17.7 Å². The number of carbonyl (C=O) groups excluding carboxylic acids is 1. The van der Waals surface area contributed by atoms with Crippen LogP contribution in [-0.4, -0.2) is 21.2 Å². The number of aromatic nitrogens is 2. The molecular formula is C21H20N4OS. The van der Waals surface area contributed by atoms with Crippen LogP contribution in [0.3, 0.4) is 0 Å². The lowest BCUT2D eigenvalue weighted by atomic mass is 10.1. The highest BCUT2D eigenvalue weighted by Gasteiger charge is 2.06. The molecule has 1 N–H and O–H groups in total. The normalized spacial score (nSPS) is 10.3. The zero-order chi connectivity index (χ0) is 18.9. The van der Waals surface area contributed by atoms with Gasteiger partial charge in [-0.3, -0.25) is 4.79 Å². The molecule has 2 aromatic carbocycles.